The number of halogens is 1. The van der Waals surface area contributed by atoms with Gasteiger partial charge in [0.15, 0.2) is 0 Å². The van der Waals surface area contributed by atoms with Gasteiger partial charge < -0.3 is 35.5 Å². The third-order valence-electron chi connectivity index (χ3n) is 6.05. The number of carbonyl (C=O) groups is 2. The first-order chi connectivity index (χ1) is 16.3. The Bertz CT molecular complexity index is 776. The second-order valence-corrected chi connectivity index (χ2v) is 9.17. The summed E-state index contributed by atoms with van der Waals surface area (Å²) in [6.07, 6.45) is 2.38. The summed E-state index contributed by atoms with van der Waals surface area (Å²) < 4.78 is 16.2. The third-order valence-corrected chi connectivity index (χ3v) is 6.28. The van der Waals surface area contributed by atoms with E-state index >= 15 is 0 Å². The molecule has 2 unspecified atom stereocenters. The van der Waals surface area contributed by atoms with Crippen molar-refractivity contribution in [2.75, 3.05) is 53.6 Å². The van der Waals surface area contributed by atoms with Crippen LogP contribution in [0.2, 0.25) is 5.02 Å². The molecule has 0 spiro atoms. The Kier molecular flexibility index (Phi) is 12.5. The van der Waals surface area contributed by atoms with Crippen LogP contribution in [0.15, 0.2) is 18.2 Å². The normalized spacial score (nSPS) is 16.0. The van der Waals surface area contributed by atoms with Crippen LogP contribution in [0.3, 0.4) is 0 Å². The van der Waals surface area contributed by atoms with Gasteiger partial charge in [0.1, 0.15) is 6.61 Å². The fourth-order valence-corrected chi connectivity index (χ4v) is 4.32. The zero-order valence-corrected chi connectivity index (χ0v) is 21.2. The number of ether oxygens (including phenoxy) is 3. The molecule has 34 heavy (non-hydrogen) atoms. The van der Waals surface area contributed by atoms with Crippen molar-refractivity contribution in [2.45, 2.75) is 44.8 Å². The lowest BCUT2D eigenvalue weighted by atomic mass is 9.92. The number of hydrogen-bond donors (Lipinski definition) is 3. The minimum atomic E-state index is -0.840. The number of nitrogens with two attached hydrogens (primary N) is 1. The Morgan fingerprint density at radius 1 is 1.29 bits per heavy atom. The topological polar surface area (TPSA) is 115 Å². The number of aryl methyl sites for hydroxylation is 1. The Labute approximate surface area is 207 Å². The van der Waals surface area contributed by atoms with Gasteiger partial charge in [-0.05, 0) is 68.8 Å². The van der Waals surface area contributed by atoms with E-state index < -0.39 is 6.09 Å². The lowest BCUT2D eigenvalue weighted by Crippen LogP contribution is -2.48. The Balaban J connectivity index is 1.94. The first-order valence-electron chi connectivity index (χ1n) is 11.8. The van der Waals surface area contributed by atoms with E-state index in [4.69, 9.17) is 31.5 Å². The van der Waals surface area contributed by atoms with Gasteiger partial charge in [0.2, 0.25) is 0 Å². The second kappa shape index (κ2) is 15.0. The van der Waals surface area contributed by atoms with Crippen molar-refractivity contribution in [3.8, 4) is 0 Å². The Morgan fingerprint density at radius 3 is 2.71 bits per heavy atom. The van der Waals surface area contributed by atoms with Crippen molar-refractivity contribution in [2.24, 2.45) is 11.7 Å². The molecule has 3 amide bonds. The predicted molar refractivity (Wildman–Crippen MR) is 132 cm³/mol. The maximum Gasteiger partial charge on any atom is 0.404 e. The summed E-state index contributed by atoms with van der Waals surface area (Å²) in [5, 5.41) is 6.95. The van der Waals surface area contributed by atoms with E-state index in [1.54, 1.807) is 11.9 Å². The highest BCUT2D eigenvalue weighted by molar-refractivity contribution is 6.30. The van der Waals surface area contributed by atoms with E-state index in [9.17, 15) is 9.59 Å². The number of hydrogen-bond acceptors (Lipinski definition) is 6. The van der Waals surface area contributed by atoms with Crippen LogP contribution >= 0.6 is 11.6 Å². The molecule has 0 aromatic heterocycles. The molecule has 192 valence electrons. The van der Waals surface area contributed by atoms with Crippen molar-refractivity contribution in [1.29, 1.82) is 0 Å². The lowest BCUT2D eigenvalue weighted by molar-refractivity contribution is 0.0151. The maximum atomic E-state index is 12.9. The maximum absolute atomic E-state index is 12.9. The van der Waals surface area contributed by atoms with Gasteiger partial charge in [-0.2, -0.15) is 0 Å². The van der Waals surface area contributed by atoms with Crippen molar-refractivity contribution in [1.82, 2.24) is 15.5 Å². The zero-order chi connectivity index (χ0) is 24.9. The molecule has 0 aliphatic carbocycles. The molecular formula is C24H39ClN4O5. The number of likely N-dealkylation sites (N-methyl/N-ethyl adjacent to an activating group) is 1. The van der Waals surface area contributed by atoms with Gasteiger partial charge in [-0.15, -0.1) is 0 Å². The van der Waals surface area contributed by atoms with Crippen LogP contribution in [-0.4, -0.2) is 76.7 Å². The number of rotatable bonds is 13. The van der Waals surface area contributed by atoms with Crippen molar-refractivity contribution in [3.63, 3.8) is 0 Å². The number of nitrogens with zero attached hydrogens (tertiary/aromatic N) is 1. The smallest absolute Gasteiger partial charge is 0.404 e. The standard InChI is InChI=1S/C24H39ClN4O5/c1-17-4-5-19(25)15-21(17)22(33-12-13-34-23(26)30)6-9-29(3)24(31)28-20(16-27-2)14-18-7-10-32-11-8-18/h4-5,15,18,20,22,27H,6-14,16H2,1-3H3,(H2,26,30)(H,28,31). The van der Waals surface area contributed by atoms with E-state index in [0.717, 1.165) is 43.6 Å². The number of primary amides is 1. The highest BCUT2D eigenvalue weighted by atomic mass is 35.5. The van der Waals surface area contributed by atoms with Gasteiger partial charge in [0, 0.05) is 44.4 Å². The second-order valence-electron chi connectivity index (χ2n) is 8.73. The monoisotopic (exact) mass is 498 g/mol. The SMILES string of the molecule is CNCC(CC1CCOCC1)NC(=O)N(C)CCC(OCCOC(N)=O)c1cc(Cl)ccc1C. The number of carbonyl (C=O) groups excluding carboxylic acids is 2. The predicted octanol–water partition coefficient (Wildman–Crippen LogP) is 3.24. The summed E-state index contributed by atoms with van der Waals surface area (Å²) in [4.78, 5) is 25.4. The number of urea groups is 1. The molecule has 1 aromatic rings. The fraction of sp³-hybridized carbons (Fsp3) is 0.667. The van der Waals surface area contributed by atoms with Crippen molar-refractivity contribution < 1.29 is 23.8 Å². The van der Waals surface area contributed by atoms with Crippen LogP contribution in [0.25, 0.3) is 0 Å². The van der Waals surface area contributed by atoms with Crippen LogP contribution in [-0.2, 0) is 14.2 Å². The Hall–Kier alpha value is -2.07. The molecule has 9 nitrogen and oxygen atoms in total. The van der Waals surface area contributed by atoms with Crippen LogP contribution < -0.4 is 16.4 Å². The third kappa shape index (κ3) is 10.0. The van der Waals surface area contributed by atoms with Crippen molar-refractivity contribution >= 4 is 23.7 Å². The number of nitrogens with one attached hydrogen (secondary N) is 2. The van der Waals surface area contributed by atoms with Crippen LogP contribution in [0.5, 0.6) is 0 Å². The van der Waals surface area contributed by atoms with Crippen molar-refractivity contribution in [3.05, 3.63) is 34.3 Å². The molecule has 1 aliphatic heterocycles. The number of amides is 3. The molecule has 1 aliphatic rings. The molecule has 2 rings (SSSR count). The van der Waals surface area contributed by atoms with E-state index in [1.165, 1.54) is 0 Å². The lowest BCUT2D eigenvalue weighted by Gasteiger charge is -2.29. The summed E-state index contributed by atoms with van der Waals surface area (Å²) in [6.45, 7) is 4.99. The van der Waals surface area contributed by atoms with Gasteiger partial charge >= 0.3 is 12.1 Å². The average Bonchev–Trinajstić information content (AvgIpc) is 2.80. The Morgan fingerprint density at radius 2 is 2.03 bits per heavy atom. The summed E-state index contributed by atoms with van der Waals surface area (Å²) in [6, 6.07) is 5.56. The van der Waals surface area contributed by atoms with Gasteiger partial charge in [0.25, 0.3) is 0 Å². The summed E-state index contributed by atoms with van der Waals surface area (Å²) in [5.41, 5.74) is 6.99. The molecule has 4 N–H and O–H groups in total. The minimum Gasteiger partial charge on any atom is -0.447 e. The average molecular weight is 499 g/mol. The summed E-state index contributed by atoms with van der Waals surface area (Å²) in [7, 11) is 3.67. The largest absolute Gasteiger partial charge is 0.447 e. The fourth-order valence-electron chi connectivity index (χ4n) is 4.14. The number of benzene rings is 1. The summed E-state index contributed by atoms with van der Waals surface area (Å²) >= 11 is 6.21. The first kappa shape index (κ1) is 28.2. The van der Waals surface area contributed by atoms with Crippen LogP contribution in [0, 0.1) is 12.8 Å². The minimum absolute atomic E-state index is 0.0521. The first-order valence-corrected chi connectivity index (χ1v) is 12.2. The molecule has 0 radical (unpaired) electrons. The summed E-state index contributed by atoms with van der Waals surface area (Å²) in [5.74, 6) is 0.559. The molecule has 1 aromatic carbocycles. The molecule has 10 heteroatoms. The quantitative estimate of drug-likeness (QED) is 0.360. The van der Waals surface area contributed by atoms with Gasteiger partial charge in [-0.1, -0.05) is 17.7 Å². The van der Waals surface area contributed by atoms with Crippen LogP contribution in [0.1, 0.15) is 42.9 Å². The van der Waals surface area contributed by atoms with E-state index in [2.05, 4.69) is 10.6 Å². The van der Waals surface area contributed by atoms with E-state index in [-0.39, 0.29) is 31.4 Å². The molecule has 1 heterocycles. The molecule has 2 atom stereocenters. The van der Waals surface area contributed by atoms with Crippen LogP contribution in [0.4, 0.5) is 9.59 Å². The molecule has 1 fully saturated rings. The van der Waals surface area contributed by atoms with Gasteiger partial charge in [0.05, 0.1) is 12.7 Å². The van der Waals surface area contributed by atoms with E-state index in [0.29, 0.717) is 30.5 Å². The molecular weight excluding hydrogens is 460 g/mol. The highest BCUT2D eigenvalue weighted by Gasteiger charge is 2.23. The molecule has 0 bridgehead atoms. The molecule has 0 saturated carbocycles. The van der Waals surface area contributed by atoms with Gasteiger partial charge in [-0.25, -0.2) is 9.59 Å². The molecule has 1 saturated heterocycles. The zero-order valence-electron chi connectivity index (χ0n) is 20.5. The van der Waals surface area contributed by atoms with Gasteiger partial charge in [-0.3, -0.25) is 0 Å². The highest BCUT2D eigenvalue weighted by Crippen LogP contribution is 2.27. The van der Waals surface area contributed by atoms with E-state index in [1.807, 2.05) is 32.2 Å².